The highest BCUT2D eigenvalue weighted by Crippen LogP contribution is 2.42. The minimum atomic E-state index is -0.250. The Kier molecular flexibility index (Phi) is 7.56. The molecule has 0 saturated carbocycles. The zero-order valence-corrected chi connectivity index (χ0v) is 20.4. The van der Waals surface area contributed by atoms with Crippen LogP contribution in [-0.4, -0.2) is 75.9 Å². The van der Waals surface area contributed by atoms with E-state index >= 15 is 0 Å². The number of ether oxygens (including phenoxy) is 1. The predicted octanol–water partition coefficient (Wildman–Crippen LogP) is 3.00. The minimum absolute atomic E-state index is 0.141. The molecule has 1 aromatic heterocycles. The van der Waals surface area contributed by atoms with Gasteiger partial charge in [-0.05, 0) is 74.8 Å². The summed E-state index contributed by atoms with van der Waals surface area (Å²) in [5.41, 5.74) is 2.94. The molecule has 4 heterocycles. The maximum Gasteiger partial charge on any atom is 0.290 e. The normalized spacial score (nSPS) is 26.1. The van der Waals surface area contributed by atoms with Crippen LogP contribution in [-0.2, 0) is 18.3 Å². The molecule has 1 aromatic carbocycles. The molecular formula is C26H36N4O4. The van der Waals surface area contributed by atoms with Crippen LogP contribution in [0.15, 0.2) is 30.3 Å². The number of amides is 1. The van der Waals surface area contributed by atoms with Crippen LogP contribution in [0.25, 0.3) is 0 Å². The third-order valence-electron chi connectivity index (χ3n) is 7.71. The van der Waals surface area contributed by atoms with Crippen molar-refractivity contribution >= 4 is 12.4 Å². The van der Waals surface area contributed by atoms with E-state index < -0.39 is 0 Å². The maximum atomic E-state index is 13.4. The zero-order valence-electron chi connectivity index (χ0n) is 20.4. The number of carbonyl (C=O) groups excluding carboxylic acids is 1. The lowest BCUT2D eigenvalue weighted by molar-refractivity contribution is -0.122. The first kappa shape index (κ1) is 24.3. The van der Waals surface area contributed by atoms with E-state index in [-0.39, 0.29) is 12.4 Å². The van der Waals surface area contributed by atoms with Crippen LogP contribution in [0.3, 0.4) is 0 Å². The van der Waals surface area contributed by atoms with Gasteiger partial charge in [-0.3, -0.25) is 19.2 Å². The molecule has 3 saturated heterocycles. The van der Waals surface area contributed by atoms with Gasteiger partial charge in [0, 0.05) is 32.2 Å². The highest BCUT2D eigenvalue weighted by atomic mass is 16.5. The number of fused-ring (bicyclic) bond motifs is 4. The van der Waals surface area contributed by atoms with Crippen LogP contribution in [0.4, 0.5) is 0 Å². The molecule has 8 nitrogen and oxygen atoms in total. The highest BCUT2D eigenvalue weighted by Gasteiger charge is 2.48. The smallest absolute Gasteiger partial charge is 0.290 e. The summed E-state index contributed by atoms with van der Waals surface area (Å²) in [4.78, 5) is 26.7. The molecule has 3 fully saturated rings. The van der Waals surface area contributed by atoms with E-state index in [4.69, 9.17) is 14.6 Å². The third kappa shape index (κ3) is 4.97. The summed E-state index contributed by atoms with van der Waals surface area (Å²) in [5, 5.41) is 11.3. The molecule has 8 heteroatoms. The number of likely N-dealkylation sites (tertiary alicyclic amines) is 1. The van der Waals surface area contributed by atoms with Crippen LogP contribution < -0.4 is 4.74 Å². The summed E-state index contributed by atoms with van der Waals surface area (Å²) in [6.07, 6.45) is 6.13. The molecule has 0 aliphatic carbocycles. The molecule has 5 rings (SSSR count). The van der Waals surface area contributed by atoms with Crippen LogP contribution in [0.2, 0.25) is 0 Å². The fourth-order valence-electron chi connectivity index (χ4n) is 6.37. The van der Waals surface area contributed by atoms with Gasteiger partial charge in [-0.2, -0.15) is 5.10 Å². The second-order valence-corrected chi connectivity index (χ2v) is 9.79. The van der Waals surface area contributed by atoms with Crippen molar-refractivity contribution in [3.63, 3.8) is 0 Å². The quantitative estimate of drug-likeness (QED) is 0.694. The number of rotatable bonds is 4. The summed E-state index contributed by atoms with van der Waals surface area (Å²) in [6.45, 7) is 4.62. The lowest BCUT2D eigenvalue weighted by atomic mass is 9.71. The molecule has 34 heavy (non-hydrogen) atoms. The van der Waals surface area contributed by atoms with Gasteiger partial charge in [0.15, 0.2) is 0 Å². The van der Waals surface area contributed by atoms with Crippen molar-refractivity contribution in [1.29, 1.82) is 0 Å². The average Bonchev–Trinajstić information content (AvgIpc) is 3.19. The minimum Gasteiger partial charge on any atom is -0.497 e. The second-order valence-electron chi connectivity index (χ2n) is 9.79. The first-order valence-corrected chi connectivity index (χ1v) is 12.2. The van der Waals surface area contributed by atoms with E-state index in [2.05, 4.69) is 33.1 Å². The van der Waals surface area contributed by atoms with Crippen LogP contribution in [0, 0.1) is 18.8 Å². The van der Waals surface area contributed by atoms with E-state index in [0.29, 0.717) is 29.6 Å². The van der Waals surface area contributed by atoms with Crippen molar-refractivity contribution in [3.05, 3.63) is 47.3 Å². The summed E-state index contributed by atoms with van der Waals surface area (Å²) in [5.74, 6) is 2.16. The Hall–Kier alpha value is -2.87. The fourth-order valence-corrected chi connectivity index (χ4v) is 6.37. The van der Waals surface area contributed by atoms with Crippen LogP contribution in [0.1, 0.15) is 47.4 Å². The summed E-state index contributed by atoms with van der Waals surface area (Å²) in [7, 11) is 3.61. The monoisotopic (exact) mass is 468 g/mol. The van der Waals surface area contributed by atoms with Crippen molar-refractivity contribution in [3.8, 4) is 5.75 Å². The molecule has 3 aliphatic heterocycles. The van der Waals surface area contributed by atoms with Crippen molar-refractivity contribution in [2.45, 2.75) is 51.1 Å². The molecule has 1 amide bonds. The molecule has 2 aromatic rings. The largest absolute Gasteiger partial charge is 0.497 e. The second kappa shape index (κ2) is 10.6. The average molecular weight is 469 g/mol. The molecule has 184 valence electrons. The van der Waals surface area contributed by atoms with Gasteiger partial charge >= 0.3 is 0 Å². The number of aryl methyl sites for hydroxylation is 2. The van der Waals surface area contributed by atoms with Gasteiger partial charge in [0.25, 0.3) is 12.4 Å². The number of aromatic nitrogens is 2. The highest BCUT2D eigenvalue weighted by molar-refractivity contribution is 5.92. The molecule has 0 spiro atoms. The molecular weight excluding hydrogens is 432 g/mol. The SMILES string of the molecule is COc1cccc(C[C@H]2[C@H]3C[C@H](CN(C(=O)c4cc(C)nn4C)C3)[C@@H]3CCCCN32)c1.O=CO. The molecule has 1 N–H and O–H groups in total. The molecule has 3 aliphatic rings. The van der Waals surface area contributed by atoms with Gasteiger partial charge in [-0.25, -0.2) is 0 Å². The van der Waals surface area contributed by atoms with E-state index in [1.807, 2.05) is 26.1 Å². The first-order valence-electron chi connectivity index (χ1n) is 12.2. The standard InChI is InChI=1S/C25H34N4O2.CH2O2/c1-17-11-24(27(2)26-17)25(30)28-15-19-14-20(16-28)23(29-10-5-4-9-22(19)29)13-18-7-6-8-21(12-18)31-3;2-1-3/h6-8,11-12,19-20,22-23H,4-5,9-10,13-16H2,1-3H3;1H,(H,2,3)/t19-,20+,22+,23+;/m1./s1. The van der Waals surface area contributed by atoms with Gasteiger partial charge < -0.3 is 14.7 Å². The van der Waals surface area contributed by atoms with Gasteiger partial charge in [0.1, 0.15) is 11.4 Å². The number of nitrogens with zero attached hydrogens (tertiary/aromatic N) is 4. The number of hydrogen-bond donors (Lipinski definition) is 1. The van der Waals surface area contributed by atoms with Gasteiger partial charge in [0.05, 0.1) is 12.8 Å². The lowest BCUT2D eigenvalue weighted by Gasteiger charge is -2.57. The van der Waals surface area contributed by atoms with Crippen molar-refractivity contribution in [2.24, 2.45) is 18.9 Å². The number of methoxy groups -OCH3 is 1. The van der Waals surface area contributed by atoms with Gasteiger partial charge in [-0.1, -0.05) is 18.6 Å². The third-order valence-corrected chi connectivity index (χ3v) is 7.71. The number of hydrogen-bond acceptors (Lipinski definition) is 5. The molecule has 0 radical (unpaired) electrons. The van der Waals surface area contributed by atoms with E-state index in [0.717, 1.165) is 31.0 Å². The van der Waals surface area contributed by atoms with Crippen LogP contribution >= 0.6 is 0 Å². The number of piperidine rings is 3. The Morgan fingerprint density at radius 3 is 2.71 bits per heavy atom. The Morgan fingerprint density at radius 2 is 2.00 bits per heavy atom. The first-order chi connectivity index (χ1) is 16.4. The van der Waals surface area contributed by atoms with E-state index in [1.165, 1.54) is 37.8 Å². The van der Waals surface area contributed by atoms with Crippen molar-refractivity contribution < 1.29 is 19.4 Å². The van der Waals surface area contributed by atoms with Crippen LogP contribution in [0.5, 0.6) is 5.75 Å². The maximum absolute atomic E-state index is 13.4. The number of carboxylic acid groups (broad SMARTS) is 1. The van der Waals surface area contributed by atoms with Crippen molar-refractivity contribution in [1.82, 2.24) is 19.6 Å². The summed E-state index contributed by atoms with van der Waals surface area (Å²) < 4.78 is 7.21. The van der Waals surface area contributed by atoms with E-state index in [1.54, 1.807) is 11.8 Å². The summed E-state index contributed by atoms with van der Waals surface area (Å²) >= 11 is 0. The Bertz CT molecular complexity index is 1010. The Morgan fingerprint density at radius 1 is 1.24 bits per heavy atom. The van der Waals surface area contributed by atoms with Gasteiger partial charge in [0.2, 0.25) is 0 Å². The molecule has 4 atom stereocenters. The van der Waals surface area contributed by atoms with E-state index in [9.17, 15) is 4.79 Å². The fraction of sp³-hybridized carbons (Fsp3) is 0.577. The number of benzene rings is 1. The summed E-state index contributed by atoms with van der Waals surface area (Å²) in [6, 6.07) is 11.5. The Balaban J connectivity index is 0.000000868. The molecule has 0 unspecified atom stereocenters. The predicted molar refractivity (Wildman–Crippen MR) is 129 cm³/mol. The zero-order chi connectivity index (χ0) is 24.2. The van der Waals surface area contributed by atoms with Crippen molar-refractivity contribution in [2.75, 3.05) is 26.7 Å². The number of carbonyl (C=O) groups is 2. The Labute approximate surface area is 201 Å². The lowest BCUT2D eigenvalue weighted by Crippen LogP contribution is -2.64. The topological polar surface area (TPSA) is 87.9 Å². The molecule has 2 bridgehead atoms. The van der Waals surface area contributed by atoms with Gasteiger partial charge in [-0.15, -0.1) is 0 Å².